The summed E-state index contributed by atoms with van der Waals surface area (Å²) >= 11 is -0.136. The van der Waals surface area contributed by atoms with E-state index in [1.807, 2.05) is 11.0 Å². The fraction of sp³-hybridized carbons (Fsp3) is 0.346. The second-order valence-electron chi connectivity index (χ2n) is 9.36. The van der Waals surface area contributed by atoms with E-state index >= 15 is 0 Å². The van der Waals surface area contributed by atoms with Gasteiger partial charge in [0.05, 0.1) is 47.2 Å². The van der Waals surface area contributed by atoms with Gasteiger partial charge < -0.3 is 9.84 Å². The number of likely N-dealkylation sites (tertiary alicyclic amines) is 1. The van der Waals surface area contributed by atoms with E-state index in [0.29, 0.717) is 23.0 Å². The molecular formula is C26H23F3N6O4S. The Morgan fingerprint density at radius 1 is 1.27 bits per heavy atom. The second kappa shape index (κ2) is 11.6. The summed E-state index contributed by atoms with van der Waals surface area (Å²) in [7, 11) is 0. The minimum absolute atomic E-state index is 0.00497. The van der Waals surface area contributed by atoms with Crippen molar-refractivity contribution in [2.45, 2.75) is 38.3 Å². The van der Waals surface area contributed by atoms with Gasteiger partial charge in [-0.25, -0.2) is 22.4 Å². The zero-order valence-electron chi connectivity index (χ0n) is 21.0. The van der Waals surface area contributed by atoms with Crippen molar-refractivity contribution >= 4 is 40.1 Å². The van der Waals surface area contributed by atoms with Gasteiger partial charge in [0.1, 0.15) is 24.3 Å². The molecule has 1 atom stereocenters. The summed E-state index contributed by atoms with van der Waals surface area (Å²) in [6.45, 7) is -0.245. The number of aromatic nitrogens is 4. The van der Waals surface area contributed by atoms with E-state index in [-0.39, 0.29) is 71.6 Å². The molecule has 1 saturated heterocycles. The minimum atomic E-state index is -2.74. The largest absolute Gasteiger partial charge is 0.486 e. The highest BCUT2D eigenvalue weighted by Gasteiger charge is 2.28. The Kier molecular flexibility index (Phi) is 7.95. The van der Waals surface area contributed by atoms with Gasteiger partial charge in [0.15, 0.2) is 12.3 Å². The molecule has 1 fully saturated rings. The molecule has 14 heteroatoms. The molecule has 3 heterocycles. The van der Waals surface area contributed by atoms with E-state index in [2.05, 4.69) is 10.1 Å². The lowest BCUT2D eigenvalue weighted by Crippen LogP contribution is -2.40. The van der Waals surface area contributed by atoms with E-state index in [1.54, 1.807) is 24.3 Å². The van der Waals surface area contributed by atoms with Gasteiger partial charge in [0.25, 0.3) is 12.0 Å². The number of ether oxygens (including phenoxy) is 1. The van der Waals surface area contributed by atoms with Crippen molar-refractivity contribution < 1.29 is 27.3 Å². The van der Waals surface area contributed by atoms with Gasteiger partial charge in [-0.05, 0) is 31.5 Å². The maximum Gasteiger partial charge on any atom is 0.317 e. The third kappa shape index (κ3) is 5.47. The Balaban J connectivity index is 1.55. The highest BCUT2D eigenvalue weighted by atomic mass is 32.2. The highest BCUT2D eigenvalue weighted by Crippen LogP contribution is 2.31. The van der Waals surface area contributed by atoms with E-state index in [9.17, 15) is 32.6 Å². The molecule has 0 radical (unpaired) electrons. The van der Waals surface area contributed by atoms with Gasteiger partial charge in [0, 0.05) is 17.5 Å². The molecule has 1 aliphatic rings. The van der Waals surface area contributed by atoms with Crippen LogP contribution in [0.1, 0.15) is 29.9 Å². The van der Waals surface area contributed by atoms with Crippen LogP contribution in [0.3, 0.4) is 0 Å². The van der Waals surface area contributed by atoms with Crippen LogP contribution < -0.4 is 10.3 Å². The number of fused-ring (bicyclic) bond motifs is 2. The van der Waals surface area contributed by atoms with E-state index in [1.165, 1.54) is 20.8 Å². The fourth-order valence-corrected chi connectivity index (χ4v) is 5.48. The van der Waals surface area contributed by atoms with Crippen LogP contribution >= 0.6 is 12.3 Å². The number of alkyl halides is 2. The number of hydrogen-bond acceptors (Lipinski definition) is 8. The third-order valence-electron chi connectivity index (χ3n) is 6.82. The number of carboxylic acid groups (broad SMARTS) is 1. The number of nitrogens with zero attached hydrogens (tertiary/aromatic N) is 6. The molecule has 40 heavy (non-hydrogen) atoms. The van der Waals surface area contributed by atoms with Gasteiger partial charge in [-0.3, -0.25) is 14.5 Å². The van der Waals surface area contributed by atoms with Gasteiger partial charge in [0.2, 0.25) is 0 Å². The third-order valence-corrected chi connectivity index (χ3v) is 7.37. The lowest BCUT2D eigenvalue weighted by Gasteiger charge is -2.23. The van der Waals surface area contributed by atoms with E-state index < -0.39 is 19.0 Å². The molecule has 0 saturated carbocycles. The highest BCUT2D eigenvalue weighted by molar-refractivity contribution is 7.92. The van der Waals surface area contributed by atoms with Crippen LogP contribution in [0.4, 0.5) is 12.7 Å². The van der Waals surface area contributed by atoms with Crippen LogP contribution in [0.15, 0.2) is 41.2 Å². The summed E-state index contributed by atoms with van der Waals surface area (Å²) < 4.78 is 47.2. The molecule has 0 amide bonds. The predicted molar refractivity (Wildman–Crippen MR) is 141 cm³/mol. The maximum absolute atomic E-state index is 14.2. The number of benzene rings is 2. The normalized spacial score (nSPS) is 15.7. The number of aliphatic carboxylic acids is 1. The molecule has 5 rings (SSSR count). The van der Waals surface area contributed by atoms with Crippen LogP contribution in [0.25, 0.3) is 21.8 Å². The van der Waals surface area contributed by atoms with Crippen molar-refractivity contribution in [1.82, 2.24) is 23.6 Å². The monoisotopic (exact) mass is 572 g/mol. The van der Waals surface area contributed by atoms with Crippen LogP contribution in [-0.4, -0.2) is 66.9 Å². The van der Waals surface area contributed by atoms with Crippen LogP contribution in [0.5, 0.6) is 5.75 Å². The Morgan fingerprint density at radius 3 is 2.75 bits per heavy atom. The average molecular weight is 573 g/mol. The summed E-state index contributed by atoms with van der Waals surface area (Å²) in [5.41, 5.74) is 0.551. The van der Waals surface area contributed by atoms with Gasteiger partial charge in [-0.2, -0.15) is 10.4 Å². The molecule has 0 aliphatic carbocycles. The summed E-state index contributed by atoms with van der Waals surface area (Å²) in [5, 5.41) is 24.3. The molecule has 10 nitrogen and oxygen atoms in total. The number of rotatable bonds is 10. The number of carboxylic acids is 1. The van der Waals surface area contributed by atoms with Crippen LogP contribution in [0, 0.1) is 11.3 Å². The molecule has 1 aliphatic heterocycles. The smallest absolute Gasteiger partial charge is 0.317 e. The van der Waals surface area contributed by atoms with E-state index in [0.717, 1.165) is 12.8 Å². The fourth-order valence-electron chi connectivity index (χ4n) is 5.07. The molecule has 2 aromatic heterocycles. The first kappa shape index (κ1) is 27.5. The standard InChI is InChI=1S/C26H23F3N6O4S/c27-23(28)14-39-22-9-20-21(8-15(22)11-30)35(40-29)24(31-20)10-19-17-5-1-2-6-18(17)26(38)34(32-19)12-16-4-3-7-33(16)13-25(36)37/h1-2,5-6,8-9,16,23H,3-4,7,10,12-14H2,(H,36,37). The van der Waals surface area contributed by atoms with Crippen LogP contribution in [0.2, 0.25) is 0 Å². The van der Waals surface area contributed by atoms with Crippen molar-refractivity contribution in [3.05, 3.63) is 63.8 Å². The van der Waals surface area contributed by atoms with Crippen LogP contribution in [-0.2, 0) is 17.8 Å². The molecule has 4 aromatic rings. The Labute approximate surface area is 230 Å². The summed E-state index contributed by atoms with van der Waals surface area (Å²) in [5.74, 6) is -0.820. The number of carbonyl (C=O) groups is 1. The molecule has 0 spiro atoms. The molecule has 0 bridgehead atoms. The van der Waals surface area contributed by atoms with Crippen molar-refractivity contribution in [3.8, 4) is 11.8 Å². The van der Waals surface area contributed by atoms with E-state index in [4.69, 9.17) is 4.74 Å². The van der Waals surface area contributed by atoms with Crippen molar-refractivity contribution in [1.29, 1.82) is 5.26 Å². The lowest BCUT2D eigenvalue weighted by atomic mass is 10.1. The summed E-state index contributed by atoms with van der Waals surface area (Å²) in [6, 6.07) is 11.2. The Hall–Kier alpha value is -4.09. The first-order chi connectivity index (χ1) is 19.3. The summed E-state index contributed by atoms with van der Waals surface area (Å²) in [4.78, 5) is 30.9. The van der Waals surface area contributed by atoms with Crippen molar-refractivity contribution in [2.75, 3.05) is 19.7 Å². The number of hydrogen-bond donors (Lipinski definition) is 1. The number of halogens is 3. The Bertz CT molecular complexity index is 1690. The van der Waals surface area contributed by atoms with Gasteiger partial charge in [-0.1, -0.05) is 18.2 Å². The average Bonchev–Trinajstić information content (AvgIpc) is 3.51. The molecule has 1 unspecified atom stereocenters. The molecular weight excluding hydrogens is 549 g/mol. The SMILES string of the molecule is N#Cc1cc2c(cc1OCC(F)F)nc(Cc1nn(CC3CCCN3CC(=O)O)c(=O)c3ccccc13)n2SF. The summed E-state index contributed by atoms with van der Waals surface area (Å²) in [6.07, 6.45) is -1.22. The number of imidazole rings is 1. The minimum Gasteiger partial charge on any atom is -0.486 e. The second-order valence-corrected chi connectivity index (χ2v) is 9.86. The van der Waals surface area contributed by atoms with Gasteiger partial charge >= 0.3 is 5.97 Å². The molecule has 1 N–H and O–H groups in total. The van der Waals surface area contributed by atoms with Gasteiger partial charge in [-0.15, -0.1) is 3.89 Å². The Morgan fingerprint density at radius 2 is 2.05 bits per heavy atom. The zero-order valence-corrected chi connectivity index (χ0v) is 21.8. The molecule has 208 valence electrons. The lowest BCUT2D eigenvalue weighted by molar-refractivity contribution is -0.138. The topological polar surface area (TPSA) is 126 Å². The van der Waals surface area contributed by atoms with Crippen molar-refractivity contribution in [3.63, 3.8) is 0 Å². The predicted octanol–water partition coefficient (Wildman–Crippen LogP) is 3.78. The first-order valence-corrected chi connectivity index (χ1v) is 13.1. The quantitative estimate of drug-likeness (QED) is 0.302. The first-order valence-electron chi connectivity index (χ1n) is 12.4. The molecule has 2 aromatic carbocycles. The van der Waals surface area contributed by atoms with Crippen molar-refractivity contribution in [2.24, 2.45) is 0 Å². The number of nitriles is 1. The maximum atomic E-state index is 14.2. The zero-order chi connectivity index (χ0) is 28.4.